The van der Waals surface area contributed by atoms with E-state index >= 15 is 0 Å². The summed E-state index contributed by atoms with van der Waals surface area (Å²) in [6.45, 7) is 6.61. The molecule has 0 amide bonds. The first-order valence-corrected chi connectivity index (χ1v) is 6.03. The van der Waals surface area contributed by atoms with Crippen LogP contribution >= 0.6 is 0 Å². The van der Waals surface area contributed by atoms with Crippen molar-refractivity contribution < 1.29 is 0 Å². The van der Waals surface area contributed by atoms with Gasteiger partial charge in [0.2, 0.25) is 0 Å². The summed E-state index contributed by atoms with van der Waals surface area (Å²) in [5, 5.41) is 0. The lowest BCUT2D eigenvalue weighted by molar-refractivity contribution is 1.04. The molecule has 0 aliphatic heterocycles. The Morgan fingerprint density at radius 1 is 1.06 bits per heavy atom. The molecular weight excluding hydrogens is 194 g/mol. The second kappa shape index (κ2) is 4.56. The highest BCUT2D eigenvalue weighted by molar-refractivity contribution is 5.68. The largest absolute Gasteiger partial charge is 0.361 e. The molecule has 0 radical (unpaired) electrons. The van der Waals surface area contributed by atoms with Gasteiger partial charge in [0.15, 0.2) is 0 Å². The quantitative estimate of drug-likeness (QED) is 0.789. The molecule has 0 atom stereocenters. The van der Waals surface area contributed by atoms with Crippen LogP contribution in [-0.2, 0) is 12.8 Å². The number of rotatable bonds is 3. The van der Waals surface area contributed by atoms with Crippen molar-refractivity contribution in [2.45, 2.75) is 33.6 Å². The van der Waals surface area contributed by atoms with E-state index in [2.05, 4.69) is 50.0 Å². The van der Waals surface area contributed by atoms with Crippen LogP contribution < -0.4 is 0 Å². The van der Waals surface area contributed by atoms with E-state index in [9.17, 15) is 0 Å². The molecule has 0 fully saturated rings. The Bertz CT molecular complexity index is 480. The molecule has 0 spiro atoms. The number of hydrogen-bond donors (Lipinski definition) is 1. The number of hydrogen-bond acceptors (Lipinski definition) is 0. The lowest BCUT2D eigenvalue weighted by Crippen LogP contribution is -1.95. The average Bonchev–Trinajstić information content (AvgIpc) is 2.74. The van der Waals surface area contributed by atoms with Crippen molar-refractivity contribution in [3.05, 3.63) is 47.2 Å². The van der Waals surface area contributed by atoms with Crippen LogP contribution in [0, 0.1) is 6.92 Å². The van der Waals surface area contributed by atoms with Crippen LogP contribution in [0.3, 0.4) is 0 Å². The Morgan fingerprint density at radius 2 is 1.88 bits per heavy atom. The Balaban J connectivity index is 2.61. The van der Waals surface area contributed by atoms with Gasteiger partial charge in [-0.25, -0.2) is 0 Å². The molecule has 1 heterocycles. The molecule has 84 valence electrons. The molecular formula is C15H19N. The fourth-order valence-corrected chi connectivity index (χ4v) is 2.35. The molecule has 0 unspecified atom stereocenters. The standard InChI is InChI=1S/C15H19N/c1-4-12-7-6-8-14(13(12)5-2)15-11(3)9-10-16-15/h6-10,16H,4-5H2,1-3H3. The van der Waals surface area contributed by atoms with E-state index in [-0.39, 0.29) is 0 Å². The van der Waals surface area contributed by atoms with Gasteiger partial charge in [0.25, 0.3) is 0 Å². The smallest absolute Gasteiger partial charge is 0.0486 e. The van der Waals surface area contributed by atoms with Gasteiger partial charge >= 0.3 is 0 Å². The maximum Gasteiger partial charge on any atom is 0.0486 e. The SMILES string of the molecule is CCc1cccc(-c2[nH]ccc2C)c1CC. The molecule has 0 aliphatic rings. The van der Waals surface area contributed by atoms with Crippen molar-refractivity contribution >= 4 is 0 Å². The second-order valence-electron chi connectivity index (χ2n) is 4.19. The molecule has 16 heavy (non-hydrogen) atoms. The number of H-pyrrole nitrogens is 1. The van der Waals surface area contributed by atoms with Crippen LogP contribution in [-0.4, -0.2) is 4.98 Å². The molecule has 1 N–H and O–H groups in total. The molecule has 1 nitrogen and oxygen atoms in total. The van der Waals surface area contributed by atoms with Crippen molar-refractivity contribution in [2.24, 2.45) is 0 Å². The summed E-state index contributed by atoms with van der Waals surface area (Å²) < 4.78 is 0. The third-order valence-electron chi connectivity index (χ3n) is 3.23. The number of aromatic nitrogens is 1. The van der Waals surface area contributed by atoms with Crippen LogP contribution in [0.2, 0.25) is 0 Å². The van der Waals surface area contributed by atoms with Gasteiger partial charge in [0.1, 0.15) is 0 Å². The highest BCUT2D eigenvalue weighted by Gasteiger charge is 2.09. The van der Waals surface area contributed by atoms with Gasteiger partial charge < -0.3 is 4.98 Å². The molecule has 0 bridgehead atoms. The molecule has 2 aromatic rings. The van der Waals surface area contributed by atoms with Crippen LogP contribution in [0.25, 0.3) is 11.3 Å². The summed E-state index contributed by atoms with van der Waals surface area (Å²) in [5.74, 6) is 0. The van der Waals surface area contributed by atoms with E-state index in [1.807, 2.05) is 6.20 Å². The minimum absolute atomic E-state index is 1.10. The van der Waals surface area contributed by atoms with Gasteiger partial charge in [-0.1, -0.05) is 32.0 Å². The Labute approximate surface area is 97.5 Å². The summed E-state index contributed by atoms with van der Waals surface area (Å²) in [6, 6.07) is 8.75. The summed E-state index contributed by atoms with van der Waals surface area (Å²) in [4.78, 5) is 3.35. The number of nitrogens with one attached hydrogen (secondary N) is 1. The third-order valence-corrected chi connectivity index (χ3v) is 3.23. The summed E-state index contributed by atoms with van der Waals surface area (Å²) in [6.07, 6.45) is 4.22. The zero-order valence-corrected chi connectivity index (χ0v) is 10.3. The van der Waals surface area contributed by atoms with Crippen LogP contribution in [0.15, 0.2) is 30.5 Å². The van der Waals surface area contributed by atoms with Crippen LogP contribution in [0.4, 0.5) is 0 Å². The van der Waals surface area contributed by atoms with Crippen molar-refractivity contribution in [3.8, 4) is 11.3 Å². The maximum absolute atomic E-state index is 3.35. The van der Waals surface area contributed by atoms with E-state index < -0.39 is 0 Å². The van der Waals surface area contributed by atoms with E-state index in [1.165, 1.54) is 27.9 Å². The van der Waals surface area contributed by atoms with Gasteiger partial charge in [-0.3, -0.25) is 0 Å². The number of aromatic amines is 1. The maximum atomic E-state index is 3.35. The first-order valence-electron chi connectivity index (χ1n) is 6.03. The minimum atomic E-state index is 1.10. The van der Waals surface area contributed by atoms with Crippen LogP contribution in [0.5, 0.6) is 0 Å². The fourth-order valence-electron chi connectivity index (χ4n) is 2.35. The Hall–Kier alpha value is -1.50. The van der Waals surface area contributed by atoms with E-state index in [0.29, 0.717) is 0 Å². The van der Waals surface area contributed by atoms with Crippen LogP contribution in [0.1, 0.15) is 30.5 Å². The highest BCUT2D eigenvalue weighted by Crippen LogP contribution is 2.28. The molecule has 0 saturated heterocycles. The lowest BCUT2D eigenvalue weighted by Gasteiger charge is -2.12. The van der Waals surface area contributed by atoms with Gasteiger partial charge in [-0.05, 0) is 42.5 Å². The average molecular weight is 213 g/mol. The van der Waals surface area contributed by atoms with Gasteiger partial charge in [-0.2, -0.15) is 0 Å². The monoisotopic (exact) mass is 213 g/mol. The normalized spacial score (nSPS) is 10.7. The highest BCUT2D eigenvalue weighted by atomic mass is 14.7. The van der Waals surface area contributed by atoms with Gasteiger partial charge in [0, 0.05) is 17.5 Å². The molecule has 2 rings (SSSR count). The zero-order valence-electron chi connectivity index (χ0n) is 10.3. The lowest BCUT2D eigenvalue weighted by atomic mass is 9.94. The topological polar surface area (TPSA) is 15.8 Å². The van der Waals surface area contributed by atoms with Crippen molar-refractivity contribution in [2.75, 3.05) is 0 Å². The Kier molecular flexibility index (Phi) is 3.14. The van der Waals surface area contributed by atoms with Gasteiger partial charge in [0.05, 0.1) is 0 Å². The first-order chi connectivity index (χ1) is 7.77. The third kappa shape index (κ3) is 1.78. The fraction of sp³-hybridized carbons (Fsp3) is 0.333. The molecule has 0 aliphatic carbocycles. The summed E-state index contributed by atoms with van der Waals surface area (Å²) in [5.41, 5.74) is 6.91. The van der Waals surface area contributed by atoms with E-state index in [1.54, 1.807) is 0 Å². The molecule has 1 aromatic carbocycles. The molecule has 1 heteroatoms. The van der Waals surface area contributed by atoms with Gasteiger partial charge in [-0.15, -0.1) is 0 Å². The predicted molar refractivity (Wildman–Crippen MR) is 69.7 cm³/mol. The number of aryl methyl sites for hydroxylation is 2. The van der Waals surface area contributed by atoms with Crippen molar-refractivity contribution in [1.29, 1.82) is 0 Å². The van der Waals surface area contributed by atoms with E-state index in [4.69, 9.17) is 0 Å². The van der Waals surface area contributed by atoms with Crippen molar-refractivity contribution in [3.63, 3.8) is 0 Å². The molecule has 1 aromatic heterocycles. The molecule has 0 saturated carbocycles. The van der Waals surface area contributed by atoms with Crippen molar-refractivity contribution in [1.82, 2.24) is 4.98 Å². The predicted octanol–water partition coefficient (Wildman–Crippen LogP) is 4.11. The minimum Gasteiger partial charge on any atom is -0.361 e. The summed E-state index contributed by atoms with van der Waals surface area (Å²) >= 11 is 0. The first kappa shape index (κ1) is 11.0. The zero-order chi connectivity index (χ0) is 11.5. The second-order valence-corrected chi connectivity index (χ2v) is 4.19. The summed E-state index contributed by atoms with van der Waals surface area (Å²) in [7, 11) is 0. The Morgan fingerprint density at radius 3 is 2.44 bits per heavy atom. The van der Waals surface area contributed by atoms with E-state index in [0.717, 1.165) is 12.8 Å². The number of benzene rings is 1.